The zero-order chi connectivity index (χ0) is 17.5. The molecule has 0 aliphatic rings. The first-order valence-corrected chi connectivity index (χ1v) is 8.30. The minimum atomic E-state index is -0.242. The minimum Gasteiger partial charge on any atom is -0.466 e. The van der Waals surface area contributed by atoms with E-state index in [2.05, 4.69) is 13.8 Å². The molecule has 1 rings (SSSR count). The number of hydrogen-bond acceptors (Lipinski definition) is 4. The molecular formula is C19H30O4. The molecule has 0 heterocycles. The van der Waals surface area contributed by atoms with E-state index in [4.69, 9.17) is 9.47 Å². The highest BCUT2D eigenvalue weighted by Crippen LogP contribution is 2.12. The second kappa shape index (κ2) is 13.8. The average Bonchev–Trinajstić information content (AvgIpc) is 2.54. The van der Waals surface area contributed by atoms with E-state index in [-0.39, 0.29) is 11.9 Å². The molecule has 4 heteroatoms. The zero-order valence-electron chi connectivity index (χ0n) is 14.8. The quantitative estimate of drug-likeness (QED) is 0.661. The molecule has 1 aromatic rings. The first-order chi connectivity index (χ1) is 11.0. The fraction of sp³-hybridized carbons (Fsp3) is 0.579. The van der Waals surface area contributed by atoms with E-state index >= 15 is 0 Å². The summed E-state index contributed by atoms with van der Waals surface area (Å²) in [6, 6.07) is 9.60. The second-order valence-corrected chi connectivity index (χ2v) is 5.48. The summed E-state index contributed by atoms with van der Waals surface area (Å²) in [6.45, 7) is 8.17. The van der Waals surface area contributed by atoms with Crippen LogP contribution in [0.2, 0.25) is 0 Å². The minimum absolute atomic E-state index is 0.162. The summed E-state index contributed by atoms with van der Waals surface area (Å²) in [5, 5.41) is 0. The normalized spacial score (nSPS) is 11.0. The molecule has 0 aliphatic carbocycles. The Kier molecular flexibility index (Phi) is 12.7. The van der Waals surface area contributed by atoms with Gasteiger partial charge in [-0.2, -0.15) is 0 Å². The summed E-state index contributed by atoms with van der Waals surface area (Å²) in [5.41, 5.74) is 1.02. The van der Waals surface area contributed by atoms with Crippen LogP contribution in [0.3, 0.4) is 0 Å². The summed E-state index contributed by atoms with van der Waals surface area (Å²) in [4.78, 5) is 20.9. The van der Waals surface area contributed by atoms with Gasteiger partial charge >= 0.3 is 11.9 Å². The molecule has 0 aromatic heterocycles. The lowest BCUT2D eigenvalue weighted by Gasteiger charge is -2.13. The molecule has 0 radical (unpaired) electrons. The van der Waals surface area contributed by atoms with Crippen molar-refractivity contribution >= 4 is 11.9 Å². The summed E-state index contributed by atoms with van der Waals surface area (Å²) < 4.78 is 9.74. The highest BCUT2D eigenvalue weighted by atomic mass is 16.5. The number of benzene rings is 1. The third-order valence-corrected chi connectivity index (χ3v) is 3.35. The van der Waals surface area contributed by atoms with Crippen molar-refractivity contribution in [1.82, 2.24) is 0 Å². The van der Waals surface area contributed by atoms with Gasteiger partial charge in [0, 0.05) is 13.8 Å². The zero-order valence-corrected chi connectivity index (χ0v) is 14.8. The van der Waals surface area contributed by atoms with Gasteiger partial charge in [0.2, 0.25) is 0 Å². The van der Waals surface area contributed by atoms with Crippen LogP contribution >= 0.6 is 0 Å². The average molecular weight is 322 g/mol. The van der Waals surface area contributed by atoms with Crippen molar-refractivity contribution in [2.24, 2.45) is 5.92 Å². The van der Waals surface area contributed by atoms with Gasteiger partial charge in [-0.1, -0.05) is 63.4 Å². The van der Waals surface area contributed by atoms with E-state index in [1.54, 1.807) is 0 Å². The number of esters is 2. The Morgan fingerprint density at radius 2 is 1.61 bits per heavy atom. The van der Waals surface area contributed by atoms with Crippen LogP contribution in [-0.2, 0) is 25.7 Å². The highest BCUT2D eigenvalue weighted by Gasteiger charge is 2.06. The SMILES string of the molecule is CC(=O)OCc1ccccc1.CCCCC(CC)COC(C)=O. The smallest absolute Gasteiger partial charge is 0.302 e. The molecule has 1 unspecified atom stereocenters. The Hall–Kier alpha value is -1.84. The molecule has 23 heavy (non-hydrogen) atoms. The largest absolute Gasteiger partial charge is 0.466 e. The third kappa shape index (κ3) is 13.5. The van der Waals surface area contributed by atoms with Gasteiger partial charge in [0.15, 0.2) is 0 Å². The van der Waals surface area contributed by atoms with Crippen LogP contribution < -0.4 is 0 Å². The first kappa shape index (κ1) is 21.2. The topological polar surface area (TPSA) is 52.6 Å². The number of carbonyl (C=O) groups is 2. The predicted octanol–water partition coefficient (Wildman–Crippen LogP) is 4.52. The molecule has 0 fully saturated rings. The Balaban J connectivity index is 0.000000422. The van der Waals surface area contributed by atoms with Gasteiger partial charge in [-0.3, -0.25) is 9.59 Å². The predicted molar refractivity (Wildman–Crippen MR) is 91.9 cm³/mol. The fourth-order valence-corrected chi connectivity index (χ4v) is 1.89. The number of carbonyl (C=O) groups excluding carboxylic acids is 2. The summed E-state index contributed by atoms with van der Waals surface area (Å²) >= 11 is 0. The maximum Gasteiger partial charge on any atom is 0.302 e. The molecule has 0 saturated heterocycles. The summed E-state index contributed by atoms with van der Waals surface area (Å²) in [7, 11) is 0. The van der Waals surface area contributed by atoms with Crippen molar-refractivity contribution in [3.05, 3.63) is 35.9 Å². The maximum absolute atomic E-state index is 10.5. The molecule has 130 valence electrons. The summed E-state index contributed by atoms with van der Waals surface area (Å²) in [6.07, 6.45) is 4.74. The molecule has 0 amide bonds. The van der Waals surface area contributed by atoms with Gasteiger partial charge < -0.3 is 9.47 Å². The molecule has 0 aliphatic heterocycles. The second-order valence-electron chi connectivity index (χ2n) is 5.48. The standard InChI is InChI=1S/C10H20O2.C9H10O2/c1-4-6-7-10(5-2)8-12-9(3)11;1-8(10)11-7-9-5-3-2-4-6-9/h10H,4-8H2,1-3H3;2-6H,7H2,1H3. The molecule has 0 N–H and O–H groups in total. The van der Waals surface area contributed by atoms with Crippen LogP contribution in [0.1, 0.15) is 58.9 Å². The Morgan fingerprint density at radius 3 is 2.09 bits per heavy atom. The van der Waals surface area contributed by atoms with Crippen LogP contribution in [0.5, 0.6) is 0 Å². The van der Waals surface area contributed by atoms with Crippen molar-refractivity contribution in [3.8, 4) is 0 Å². The van der Waals surface area contributed by atoms with E-state index < -0.39 is 0 Å². The van der Waals surface area contributed by atoms with Gasteiger partial charge in [0.1, 0.15) is 6.61 Å². The van der Waals surface area contributed by atoms with Crippen molar-refractivity contribution in [2.75, 3.05) is 6.61 Å². The van der Waals surface area contributed by atoms with Crippen LogP contribution in [0, 0.1) is 5.92 Å². The van der Waals surface area contributed by atoms with Crippen molar-refractivity contribution in [3.63, 3.8) is 0 Å². The molecule has 1 atom stereocenters. The van der Waals surface area contributed by atoms with E-state index in [0.717, 1.165) is 12.0 Å². The van der Waals surface area contributed by atoms with E-state index in [9.17, 15) is 9.59 Å². The molecule has 4 nitrogen and oxygen atoms in total. The van der Waals surface area contributed by atoms with Crippen LogP contribution in [0.25, 0.3) is 0 Å². The van der Waals surface area contributed by atoms with Crippen molar-refractivity contribution in [2.45, 2.75) is 60.0 Å². The molecule has 0 bridgehead atoms. The summed E-state index contributed by atoms with van der Waals surface area (Å²) in [5.74, 6) is 0.160. The molecule has 0 saturated carbocycles. The molecule has 1 aromatic carbocycles. The Bertz CT molecular complexity index is 428. The Morgan fingerprint density at radius 1 is 1.00 bits per heavy atom. The lowest BCUT2D eigenvalue weighted by atomic mass is 10.0. The Labute approximate surface area is 140 Å². The van der Waals surface area contributed by atoms with E-state index in [0.29, 0.717) is 19.1 Å². The van der Waals surface area contributed by atoms with Crippen LogP contribution in [0.4, 0.5) is 0 Å². The highest BCUT2D eigenvalue weighted by molar-refractivity contribution is 5.66. The lowest BCUT2D eigenvalue weighted by Crippen LogP contribution is -2.11. The fourth-order valence-electron chi connectivity index (χ4n) is 1.89. The monoisotopic (exact) mass is 322 g/mol. The number of hydrogen-bond donors (Lipinski definition) is 0. The van der Waals surface area contributed by atoms with E-state index in [1.165, 1.54) is 33.1 Å². The van der Waals surface area contributed by atoms with Crippen molar-refractivity contribution < 1.29 is 19.1 Å². The van der Waals surface area contributed by atoms with Gasteiger partial charge in [-0.05, 0) is 17.9 Å². The van der Waals surface area contributed by atoms with Gasteiger partial charge in [0.05, 0.1) is 6.61 Å². The maximum atomic E-state index is 10.5. The number of rotatable bonds is 8. The van der Waals surface area contributed by atoms with Gasteiger partial charge in [-0.25, -0.2) is 0 Å². The molecule has 0 spiro atoms. The lowest BCUT2D eigenvalue weighted by molar-refractivity contribution is -0.143. The van der Waals surface area contributed by atoms with Crippen LogP contribution in [0.15, 0.2) is 30.3 Å². The van der Waals surface area contributed by atoms with Crippen molar-refractivity contribution in [1.29, 1.82) is 0 Å². The molecular weight excluding hydrogens is 292 g/mol. The number of ether oxygens (including phenoxy) is 2. The third-order valence-electron chi connectivity index (χ3n) is 3.35. The van der Waals surface area contributed by atoms with Gasteiger partial charge in [-0.15, -0.1) is 0 Å². The van der Waals surface area contributed by atoms with Gasteiger partial charge in [0.25, 0.3) is 0 Å². The van der Waals surface area contributed by atoms with E-state index in [1.807, 2.05) is 30.3 Å². The first-order valence-electron chi connectivity index (χ1n) is 8.30. The van der Waals surface area contributed by atoms with Crippen LogP contribution in [-0.4, -0.2) is 18.5 Å². The number of unbranched alkanes of at least 4 members (excludes halogenated alkanes) is 1.